The highest BCUT2D eigenvalue weighted by molar-refractivity contribution is 5.86. The molecule has 0 spiro atoms. The second-order valence-corrected chi connectivity index (χ2v) is 3.17. The summed E-state index contributed by atoms with van der Waals surface area (Å²) in [5.74, 6) is -4.78. The summed E-state index contributed by atoms with van der Waals surface area (Å²) in [5, 5.41) is 21.3. The van der Waals surface area contributed by atoms with Crippen LogP contribution in [0.5, 0.6) is 5.75 Å². The minimum absolute atomic E-state index is 0.0983. The van der Waals surface area contributed by atoms with Gasteiger partial charge in [0.25, 0.3) is 0 Å². The number of aromatic nitrogens is 1. The summed E-state index contributed by atoms with van der Waals surface area (Å²) < 4.78 is 30.1. The molecule has 0 atom stereocenters. The number of phenolic OH excluding ortho intramolecular Hbond substituents is 1. The zero-order chi connectivity index (χ0) is 12.6. The van der Waals surface area contributed by atoms with Crippen molar-refractivity contribution in [3.63, 3.8) is 0 Å². The molecule has 0 saturated heterocycles. The topological polar surface area (TPSA) is 83.6 Å². The summed E-state index contributed by atoms with van der Waals surface area (Å²) >= 11 is 0. The molecule has 0 saturated carbocycles. The molecule has 0 aliphatic heterocycles. The van der Waals surface area contributed by atoms with Gasteiger partial charge >= 0.3 is 5.97 Å². The molecular formula is C10H5F2NO4. The third-order valence-electron chi connectivity index (χ3n) is 2.04. The first-order valence-electron chi connectivity index (χ1n) is 4.37. The van der Waals surface area contributed by atoms with E-state index >= 15 is 0 Å². The Morgan fingerprint density at radius 2 is 1.88 bits per heavy atom. The van der Waals surface area contributed by atoms with Gasteiger partial charge in [0.1, 0.15) is 11.4 Å². The standard InChI is InChI=1S/C10H5F2NO4/c11-5-1-4(8(14)2-6(5)12)7-3-9(10(15)16)17-13-7/h1-3,14H,(H,15,16). The van der Waals surface area contributed by atoms with Gasteiger partial charge in [-0.2, -0.15) is 0 Å². The Labute approximate surface area is 92.9 Å². The zero-order valence-electron chi connectivity index (χ0n) is 8.15. The molecule has 2 N–H and O–H groups in total. The van der Waals surface area contributed by atoms with Gasteiger partial charge in [-0.05, 0) is 6.07 Å². The van der Waals surface area contributed by atoms with Crippen molar-refractivity contribution in [3.05, 3.63) is 35.6 Å². The molecule has 88 valence electrons. The van der Waals surface area contributed by atoms with Crippen molar-refractivity contribution >= 4 is 5.97 Å². The van der Waals surface area contributed by atoms with E-state index in [0.29, 0.717) is 12.1 Å². The number of benzene rings is 1. The van der Waals surface area contributed by atoms with Crippen LogP contribution in [0, 0.1) is 11.6 Å². The van der Waals surface area contributed by atoms with Gasteiger partial charge < -0.3 is 14.7 Å². The fraction of sp³-hybridized carbons (Fsp3) is 0. The van der Waals surface area contributed by atoms with E-state index < -0.39 is 29.1 Å². The van der Waals surface area contributed by atoms with Crippen molar-refractivity contribution in [2.45, 2.75) is 0 Å². The molecule has 2 rings (SSSR count). The predicted molar refractivity (Wildman–Crippen MR) is 50.5 cm³/mol. The fourth-order valence-electron chi connectivity index (χ4n) is 1.24. The maximum atomic E-state index is 12.9. The van der Waals surface area contributed by atoms with E-state index in [2.05, 4.69) is 9.68 Å². The molecule has 0 aliphatic rings. The van der Waals surface area contributed by atoms with Crippen molar-refractivity contribution in [2.75, 3.05) is 0 Å². The number of rotatable bonds is 2. The molecule has 1 aromatic carbocycles. The molecule has 1 heterocycles. The van der Waals surface area contributed by atoms with E-state index in [1.165, 1.54) is 0 Å². The minimum Gasteiger partial charge on any atom is -0.507 e. The number of aromatic carboxylic acids is 1. The normalized spacial score (nSPS) is 10.5. The molecule has 5 nitrogen and oxygen atoms in total. The quantitative estimate of drug-likeness (QED) is 0.840. The Morgan fingerprint density at radius 3 is 2.47 bits per heavy atom. The molecule has 0 aliphatic carbocycles. The first-order valence-corrected chi connectivity index (χ1v) is 4.37. The van der Waals surface area contributed by atoms with E-state index in [9.17, 15) is 18.7 Å². The second kappa shape index (κ2) is 3.85. The lowest BCUT2D eigenvalue weighted by atomic mass is 10.1. The Morgan fingerprint density at radius 1 is 1.24 bits per heavy atom. The molecule has 7 heteroatoms. The fourth-order valence-corrected chi connectivity index (χ4v) is 1.24. The van der Waals surface area contributed by atoms with Crippen LogP contribution in [0.2, 0.25) is 0 Å². The van der Waals surface area contributed by atoms with Crippen LogP contribution in [0.1, 0.15) is 10.6 Å². The van der Waals surface area contributed by atoms with Crippen molar-refractivity contribution in [1.29, 1.82) is 0 Å². The van der Waals surface area contributed by atoms with Crippen LogP contribution in [0.3, 0.4) is 0 Å². The zero-order valence-corrected chi connectivity index (χ0v) is 8.15. The molecule has 0 radical (unpaired) electrons. The van der Waals surface area contributed by atoms with Crippen LogP contribution in [0.25, 0.3) is 11.3 Å². The summed E-state index contributed by atoms with van der Waals surface area (Å²) in [7, 11) is 0. The Kier molecular flexibility index (Phi) is 2.51. The smallest absolute Gasteiger partial charge is 0.374 e. The van der Waals surface area contributed by atoms with Crippen LogP contribution in [-0.2, 0) is 0 Å². The van der Waals surface area contributed by atoms with Gasteiger partial charge in [0.2, 0.25) is 5.76 Å². The van der Waals surface area contributed by atoms with E-state index in [-0.39, 0.29) is 11.3 Å². The maximum Gasteiger partial charge on any atom is 0.374 e. The Hall–Kier alpha value is -2.44. The lowest BCUT2D eigenvalue weighted by molar-refractivity contribution is 0.0652. The van der Waals surface area contributed by atoms with Gasteiger partial charge in [0, 0.05) is 17.7 Å². The number of carboxylic acids is 1. The van der Waals surface area contributed by atoms with Crippen LogP contribution in [-0.4, -0.2) is 21.3 Å². The second-order valence-electron chi connectivity index (χ2n) is 3.17. The number of carboxylic acid groups (broad SMARTS) is 1. The largest absolute Gasteiger partial charge is 0.507 e. The van der Waals surface area contributed by atoms with Crippen molar-refractivity contribution < 1.29 is 28.3 Å². The number of hydrogen-bond acceptors (Lipinski definition) is 4. The summed E-state index contributed by atoms with van der Waals surface area (Å²) in [6.07, 6.45) is 0. The Balaban J connectivity index is 2.52. The van der Waals surface area contributed by atoms with Crippen molar-refractivity contribution in [1.82, 2.24) is 5.16 Å². The van der Waals surface area contributed by atoms with Gasteiger partial charge in [0.05, 0.1) is 0 Å². The van der Waals surface area contributed by atoms with Crippen LogP contribution >= 0.6 is 0 Å². The summed E-state index contributed by atoms with van der Waals surface area (Å²) in [5.41, 5.74) is -0.251. The minimum atomic E-state index is -1.36. The predicted octanol–water partition coefficient (Wildman–Crippen LogP) is 2.02. The third kappa shape index (κ3) is 1.94. The average Bonchev–Trinajstić information content (AvgIpc) is 2.72. The van der Waals surface area contributed by atoms with Crippen molar-refractivity contribution in [2.24, 2.45) is 0 Å². The van der Waals surface area contributed by atoms with Gasteiger partial charge in [0.15, 0.2) is 11.6 Å². The van der Waals surface area contributed by atoms with Crippen LogP contribution in [0.4, 0.5) is 8.78 Å². The molecule has 2 aromatic rings. The van der Waals surface area contributed by atoms with E-state index in [1.807, 2.05) is 0 Å². The number of nitrogens with zero attached hydrogens (tertiary/aromatic N) is 1. The van der Waals surface area contributed by atoms with Crippen molar-refractivity contribution in [3.8, 4) is 17.0 Å². The number of phenols is 1. The third-order valence-corrected chi connectivity index (χ3v) is 2.04. The van der Waals surface area contributed by atoms with E-state index in [1.54, 1.807) is 0 Å². The number of aromatic hydroxyl groups is 1. The Bertz CT molecular complexity index is 594. The molecular weight excluding hydrogens is 236 g/mol. The lowest BCUT2D eigenvalue weighted by Crippen LogP contribution is -1.91. The molecule has 0 unspecified atom stereocenters. The highest BCUT2D eigenvalue weighted by Crippen LogP contribution is 2.30. The van der Waals surface area contributed by atoms with Gasteiger partial charge in [-0.25, -0.2) is 13.6 Å². The van der Waals surface area contributed by atoms with Crippen LogP contribution in [0.15, 0.2) is 22.7 Å². The maximum absolute atomic E-state index is 12.9. The molecule has 1 aromatic heterocycles. The molecule has 0 amide bonds. The van der Waals surface area contributed by atoms with Gasteiger partial charge in [-0.15, -0.1) is 0 Å². The molecule has 0 bridgehead atoms. The average molecular weight is 241 g/mol. The van der Waals surface area contributed by atoms with E-state index in [0.717, 1.165) is 6.07 Å². The van der Waals surface area contributed by atoms with E-state index in [4.69, 9.17) is 5.11 Å². The lowest BCUT2D eigenvalue weighted by Gasteiger charge is -2.01. The first-order chi connectivity index (χ1) is 7.99. The molecule has 17 heavy (non-hydrogen) atoms. The monoisotopic (exact) mass is 241 g/mol. The SMILES string of the molecule is O=C(O)c1cc(-c2cc(F)c(F)cc2O)no1. The number of halogens is 2. The summed E-state index contributed by atoms with van der Waals surface area (Å²) in [4.78, 5) is 10.5. The number of carbonyl (C=O) groups is 1. The molecule has 0 fully saturated rings. The van der Waals surface area contributed by atoms with Gasteiger partial charge in [-0.1, -0.05) is 5.16 Å². The highest BCUT2D eigenvalue weighted by atomic mass is 19.2. The number of hydrogen-bond donors (Lipinski definition) is 2. The first kappa shape index (κ1) is 11.1. The van der Waals surface area contributed by atoms with Gasteiger partial charge in [-0.3, -0.25) is 0 Å². The summed E-state index contributed by atoms with van der Waals surface area (Å²) in [6.45, 7) is 0. The summed E-state index contributed by atoms with van der Waals surface area (Å²) in [6, 6.07) is 2.27. The van der Waals surface area contributed by atoms with Crippen LogP contribution < -0.4 is 0 Å². The highest BCUT2D eigenvalue weighted by Gasteiger charge is 2.17.